The molecule has 3 aromatic rings. The number of anilines is 2. The molecule has 4 heterocycles. The largest absolute Gasteiger partial charge is 0.394 e. The topological polar surface area (TPSA) is 90.1 Å². The van der Waals surface area contributed by atoms with Crippen LogP contribution in [0.2, 0.25) is 0 Å². The highest BCUT2D eigenvalue weighted by atomic mass is 32.2. The molecular weight excluding hydrogens is 520 g/mol. The van der Waals surface area contributed by atoms with Crippen molar-refractivity contribution >= 4 is 34.9 Å². The van der Waals surface area contributed by atoms with Crippen molar-refractivity contribution in [2.75, 3.05) is 76.0 Å². The van der Waals surface area contributed by atoms with Crippen molar-refractivity contribution in [1.29, 1.82) is 0 Å². The lowest BCUT2D eigenvalue weighted by atomic mass is 10.1. The number of ether oxygens (including phenoxy) is 2. The standard InChI is InChI=1S/C28H32N4O4S2/c33-18-20(17-31-6-10-35-11-7-31)29-19-4-5-24-26(14-19)37-25-3-1-2-22(28(25)38-24)23-15-21(16-27(34)30-23)32-8-12-36-13-9-32/h1-5,14-16,20,29,33H,6-13,17-18H2,(H,30,34). The SMILES string of the molecule is O=c1cc(N2CCOCC2)cc(-c2cccc3c2Sc2ccc(NC(CO)CN4CCOCC4)cc2S3)[nH]1. The molecule has 0 amide bonds. The summed E-state index contributed by atoms with van der Waals surface area (Å²) in [6.45, 7) is 7.07. The summed E-state index contributed by atoms with van der Waals surface area (Å²) in [6.07, 6.45) is 0. The van der Waals surface area contributed by atoms with Crippen molar-refractivity contribution in [2.45, 2.75) is 25.6 Å². The van der Waals surface area contributed by atoms with E-state index in [2.05, 4.69) is 62.6 Å². The van der Waals surface area contributed by atoms with Gasteiger partial charge in [-0.3, -0.25) is 9.69 Å². The Hall–Kier alpha value is -2.47. The summed E-state index contributed by atoms with van der Waals surface area (Å²) < 4.78 is 10.9. The fraction of sp³-hybridized carbons (Fsp3) is 0.393. The Bertz CT molecular complexity index is 1340. The number of aromatic amines is 1. The van der Waals surface area contributed by atoms with Crippen LogP contribution < -0.4 is 15.8 Å². The van der Waals surface area contributed by atoms with Crippen LogP contribution in [0.4, 0.5) is 11.4 Å². The van der Waals surface area contributed by atoms with Gasteiger partial charge in [-0.1, -0.05) is 35.7 Å². The van der Waals surface area contributed by atoms with E-state index in [1.54, 1.807) is 29.6 Å². The molecular formula is C28H32N4O4S2. The molecule has 3 N–H and O–H groups in total. The van der Waals surface area contributed by atoms with E-state index < -0.39 is 0 Å². The van der Waals surface area contributed by atoms with Crippen molar-refractivity contribution in [1.82, 2.24) is 9.88 Å². The minimum Gasteiger partial charge on any atom is -0.394 e. The van der Waals surface area contributed by atoms with Gasteiger partial charge in [0.1, 0.15) is 0 Å². The third kappa shape index (κ3) is 5.75. The summed E-state index contributed by atoms with van der Waals surface area (Å²) in [5, 5.41) is 13.5. The first kappa shape index (κ1) is 25.8. The number of benzene rings is 2. The van der Waals surface area contributed by atoms with Crippen molar-refractivity contribution in [3.05, 3.63) is 58.9 Å². The zero-order valence-electron chi connectivity index (χ0n) is 21.2. The summed E-state index contributed by atoms with van der Waals surface area (Å²) >= 11 is 3.48. The van der Waals surface area contributed by atoms with E-state index in [0.29, 0.717) is 13.2 Å². The number of aromatic nitrogens is 1. The maximum absolute atomic E-state index is 12.6. The molecule has 200 valence electrons. The summed E-state index contributed by atoms with van der Waals surface area (Å²) in [5.74, 6) is 0. The minimum absolute atomic E-state index is 0.0400. The summed E-state index contributed by atoms with van der Waals surface area (Å²) in [6, 6.07) is 16.4. The Balaban J connectivity index is 1.22. The Labute approximate surface area is 230 Å². The highest BCUT2D eigenvalue weighted by Crippen LogP contribution is 2.52. The van der Waals surface area contributed by atoms with Crippen LogP contribution >= 0.6 is 23.5 Å². The lowest BCUT2D eigenvalue weighted by Crippen LogP contribution is -2.44. The van der Waals surface area contributed by atoms with Gasteiger partial charge < -0.3 is 29.8 Å². The van der Waals surface area contributed by atoms with Crippen LogP contribution in [0, 0.1) is 0 Å². The van der Waals surface area contributed by atoms with Crippen LogP contribution in [-0.4, -0.2) is 86.8 Å². The first-order valence-corrected chi connectivity index (χ1v) is 14.7. The number of morpholine rings is 2. The van der Waals surface area contributed by atoms with Gasteiger partial charge in [0.05, 0.1) is 44.8 Å². The van der Waals surface area contributed by atoms with Crippen molar-refractivity contribution < 1.29 is 14.6 Å². The molecule has 10 heteroatoms. The van der Waals surface area contributed by atoms with E-state index in [9.17, 15) is 9.90 Å². The number of fused-ring (bicyclic) bond motifs is 2. The smallest absolute Gasteiger partial charge is 0.250 e. The fourth-order valence-electron chi connectivity index (χ4n) is 5.06. The Morgan fingerprint density at radius 3 is 2.50 bits per heavy atom. The average Bonchev–Trinajstić information content (AvgIpc) is 2.96. The average molecular weight is 553 g/mol. The number of rotatable bonds is 7. The molecule has 2 saturated heterocycles. The van der Waals surface area contributed by atoms with Gasteiger partial charge in [0, 0.05) is 75.3 Å². The normalized spacial score (nSPS) is 18.5. The molecule has 38 heavy (non-hydrogen) atoms. The number of H-pyrrole nitrogens is 1. The van der Waals surface area contributed by atoms with Crippen molar-refractivity contribution in [3.8, 4) is 11.3 Å². The zero-order chi connectivity index (χ0) is 25.9. The number of hydrogen-bond donors (Lipinski definition) is 3. The second-order valence-electron chi connectivity index (χ2n) is 9.65. The van der Waals surface area contributed by atoms with Gasteiger partial charge in [0.15, 0.2) is 0 Å². The summed E-state index contributed by atoms with van der Waals surface area (Å²) in [5.41, 5.74) is 3.71. The van der Waals surface area contributed by atoms with Crippen LogP contribution in [0.3, 0.4) is 0 Å². The quantitative estimate of drug-likeness (QED) is 0.318. The molecule has 3 aliphatic rings. The highest BCUT2D eigenvalue weighted by Gasteiger charge is 2.23. The Morgan fingerprint density at radius 1 is 0.921 bits per heavy atom. The van der Waals surface area contributed by atoms with Crippen LogP contribution in [0.25, 0.3) is 11.3 Å². The van der Waals surface area contributed by atoms with Gasteiger partial charge in [-0.05, 0) is 30.3 Å². The lowest BCUT2D eigenvalue weighted by molar-refractivity contribution is 0.0335. The van der Waals surface area contributed by atoms with E-state index in [1.807, 2.05) is 0 Å². The number of pyridine rings is 1. The van der Waals surface area contributed by atoms with Gasteiger partial charge in [0.2, 0.25) is 5.56 Å². The van der Waals surface area contributed by atoms with E-state index >= 15 is 0 Å². The van der Waals surface area contributed by atoms with Gasteiger partial charge in [-0.25, -0.2) is 0 Å². The van der Waals surface area contributed by atoms with Crippen molar-refractivity contribution in [2.24, 2.45) is 0 Å². The third-order valence-electron chi connectivity index (χ3n) is 7.02. The Kier molecular flexibility index (Phi) is 7.96. The minimum atomic E-state index is -0.0957. The van der Waals surface area contributed by atoms with Crippen molar-refractivity contribution in [3.63, 3.8) is 0 Å². The second-order valence-corrected chi connectivity index (χ2v) is 11.8. The Morgan fingerprint density at radius 2 is 1.71 bits per heavy atom. The molecule has 1 aromatic heterocycles. The van der Waals surface area contributed by atoms with E-state index in [0.717, 1.165) is 73.5 Å². The van der Waals surface area contributed by atoms with Gasteiger partial charge in [-0.15, -0.1) is 0 Å². The molecule has 3 aliphatic heterocycles. The molecule has 0 bridgehead atoms. The zero-order valence-corrected chi connectivity index (χ0v) is 22.8. The molecule has 2 aromatic carbocycles. The number of nitrogens with zero attached hydrogens (tertiary/aromatic N) is 2. The molecule has 1 atom stereocenters. The molecule has 2 fully saturated rings. The fourth-order valence-corrected chi connectivity index (χ4v) is 7.47. The van der Waals surface area contributed by atoms with Gasteiger partial charge in [0.25, 0.3) is 0 Å². The molecule has 0 aliphatic carbocycles. The first-order chi connectivity index (χ1) is 18.7. The van der Waals surface area contributed by atoms with Crippen LogP contribution in [0.1, 0.15) is 0 Å². The van der Waals surface area contributed by atoms with E-state index in [1.165, 1.54) is 14.7 Å². The molecule has 8 nitrogen and oxygen atoms in total. The number of nitrogens with one attached hydrogen (secondary N) is 2. The van der Waals surface area contributed by atoms with Crippen LogP contribution in [-0.2, 0) is 9.47 Å². The van der Waals surface area contributed by atoms with Gasteiger partial charge in [-0.2, -0.15) is 0 Å². The first-order valence-electron chi connectivity index (χ1n) is 13.0. The van der Waals surface area contributed by atoms with E-state index in [-0.39, 0.29) is 18.2 Å². The predicted molar refractivity (Wildman–Crippen MR) is 152 cm³/mol. The number of hydrogen-bond acceptors (Lipinski definition) is 9. The maximum atomic E-state index is 12.6. The second kappa shape index (κ2) is 11.7. The van der Waals surface area contributed by atoms with Gasteiger partial charge >= 0.3 is 0 Å². The van der Waals surface area contributed by atoms with Crippen LogP contribution in [0.15, 0.2) is 72.9 Å². The summed E-state index contributed by atoms with van der Waals surface area (Å²) in [7, 11) is 0. The predicted octanol–water partition coefficient (Wildman–Crippen LogP) is 3.60. The lowest BCUT2D eigenvalue weighted by Gasteiger charge is -2.30. The molecule has 0 radical (unpaired) electrons. The number of aliphatic hydroxyl groups is 1. The summed E-state index contributed by atoms with van der Waals surface area (Å²) in [4.78, 5) is 24.9. The molecule has 0 spiro atoms. The molecule has 0 saturated carbocycles. The highest BCUT2D eigenvalue weighted by molar-refractivity contribution is 8.05. The van der Waals surface area contributed by atoms with Crippen LogP contribution in [0.5, 0.6) is 0 Å². The van der Waals surface area contributed by atoms with E-state index in [4.69, 9.17) is 9.47 Å². The molecule has 1 unspecified atom stereocenters. The third-order valence-corrected chi connectivity index (χ3v) is 9.62. The number of aliphatic hydroxyl groups excluding tert-OH is 1. The molecule has 6 rings (SSSR count). The maximum Gasteiger partial charge on any atom is 0.250 e. The monoisotopic (exact) mass is 552 g/mol.